The van der Waals surface area contributed by atoms with Crippen molar-refractivity contribution in [3.05, 3.63) is 35.6 Å². The first-order valence-electron chi connectivity index (χ1n) is 10.3. The fourth-order valence-electron chi connectivity index (χ4n) is 3.18. The lowest BCUT2D eigenvalue weighted by Crippen LogP contribution is -2.48. The van der Waals surface area contributed by atoms with Gasteiger partial charge in [0.05, 0.1) is 17.0 Å². The van der Waals surface area contributed by atoms with Crippen molar-refractivity contribution >= 4 is 15.8 Å². The number of rotatable bonds is 7. The van der Waals surface area contributed by atoms with Gasteiger partial charge in [0, 0.05) is 32.2 Å². The molecule has 1 heterocycles. The average Bonchev–Trinajstić information content (AvgIpc) is 2.64. The minimum atomic E-state index is -3.17. The molecule has 164 valence electrons. The molecule has 0 bridgehead atoms. The lowest BCUT2D eigenvalue weighted by atomic mass is 10.0. The Labute approximate surface area is 174 Å². The monoisotopic (exact) mass is 426 g/mol. The van der Waals surface area contributed by atoms with E-state index < -0.39 is 14.6 Å². The summed E-state index contributed by atoms with van der Waals surface area (Å²) in [5, 5.41) is 6.65. The third-order valence-electron chi connectivity index (χ3n) is 5.16. The zero-order chi connectivity index (χ0) is 21.5. The number of hydrogen-bond donors (Lipinski definition) is 2. The number of hydrogen-bond acceptors (Lipinski definition) is 4. The van der Waals surface area contributed by atoms with Gasteiger partial charge in [-0.15, -0.1) is 0 Å². The van der Waals surface area contributed by atoms with Gasteiger partial charge in [-0.1, -0.05) is 12.1 Å². The van der Waals surface area contributed by atoms with Crippen molar-refractivity contribution in [2.75, 3.05) is 31.9 Å². The molecular formula is C21H35FN4O2S. The molecule has 1 aromatic rings. The average molecular weight is 427 g/mol. The third kappa shape index (κ3) is 7.59. The van der Waals surface area contributed by atoms with Crippen LogP contribution in [0.25, 0.3) is 0 Å². The number of guanidine groups is 1. The van der Waals surface area contributed by atoms with Crippen molar-refractivity contribution in [2.24, 2.45) is 4.99 Å². The Kier molecular flexibility index (Phi) is 8.46. The molecule has 6 nitrogen and oxygen atoms in total. The summed E-state index contributed by atoms with van der Waals surface area (Å²) >= 11 is 0. The Morgan fingerprint density at radius 3 is 2.38 bits per heavy atom. The highest BCUT2D eigenvalue weighted by atomic mass is 32.2. The predicted molar refractivity (Wildman–Crippen MR) is 117 cm³/mol. The summed E-state index contributed by atoms with van der Waals surface area (Å²) in [4.78, 5) is 6.83. The molecule has 0 atom stereocenters. The topological polar surface area (TPSA) is 73.8 Å². The number of nitrogens with zero attached hydrogens (tertiary/aromatic N) is 2. The summed E-state index contributed by atoms with van der Waals surface area (Å²) in [7, 11) is -3.17. The fraction of sp³-hybridized carbons (Fsp3) is 0.667. The van der Waals surface area contributed by atoms with Crippen molar-refractivity contribution in [3.8, 4) is 0 Å². The number of halogens is 1. The quantitative estimate of drug-likeness (QED) is 0.518. The molecule has 2 N–H and O–H groups in total. The predicted octanol–water partition coefficient (Wildman–Crippen LogP) is 2.56. The van der Waals surface area contributed by atoms with E-state index in [9.17, 15) is 12.8 Å². The minimum absolute atomic E-state index is 0.0448. The van der Waals surface area contributed by atoms with E-state index in [0.29, 0.717) is 12.0 Å². The number of piperidine rings is 1. The van der Waals surface area contributed by atoms with E-state index in [-0.39, 0.29) is 18.1 Å². The molecule has 0 unspecified atom stereocenters. The van der Waals surface area contributed by atoms with E-state index in [2.05, 4.69) is 20.5 Å². The maximum Gasteiger partial charge on any atom is 0.191 e. The Balaban J connectivity index is 1.83. The highest BCUT2D eigenvalue weighted by Crippen LogP contribution is 2.16. The van der Waals surface area contributed by atoms with Crippen LogP contribution >= 0.6 is 0 Å². The van der Waals surface area contributed by atoms with Crippen molar-refractivity contribution in [2.45, 2.75) is 57.9 Å². The van der Waals surface area contributed by atoms with E-state index >= 15 is 0 Å². The lowest BCUT2D eigenvalue weighted by Gasteiger charge is -2.33. The summed E-state index contributed by atoms with van der Waals surface area (Å²) in [6.07, 6.45) is 1.96. The van der Waals surface area contributed by atoms with Gasteiger partial charge >= 0.3 is 0 Å². The Bertz CT molecular complexity index is 765. The van der Waals surface area contributed by atoms with E-state index in [4.69, 9.17) is 0 Å². The molecule has 1 fully saturated rings. The molecule has 0 aliphatic carbocycles. The lowest BCUT2D eigenvalue weighted by molar-refractivity contribution is 0.198. The Hall–Kier alpha value is -1.67. The summed E-state index contributed by atoms with van der Waals surface area (Å²) in [5.74, 6) is 0.513. The van der Waals surface area contributed by atoms with Gasteiger partial charge in [0.2, 0.25) is 0 Å². The molecule has 29 heavy (non-hydrogen) atoms. The number of aliphatic imine (C=N–C) groups is 1. The summed E-state index contributed by atoms with van der Waals surface area (Å²) < 4.78 is 36.8. The SMILES string of the molecule is CCNC(=NCCS(=O)(=O)C(C)(C)C)NC1CCN(Cc2ccc(F)cc2)CC1. The Morgan fingerprint density at radius 1 is 1.21 bits per heavy atom. The van der Waals surface area contributed by atoms with Crippen molar-refractivity contribution in [3.63, 3.8) is 0 Å². The van der Waals surface area contributed by atoms with Gasteiger partial charge in [-0.05, 0) is 58.2 Å². The van der Waals surface area contributed by atoms with Gasteiger partial charge in [0.25, 0.3) is 0 Å². The van der Waals surface area contributed by atoms with Gasteiger partial charge in [-0.3, -0.25) is 9.89 Å². The summed E-state index contributed by atoms with van der Waals surface area (Å²) in [5.41, 5.74) is 1.12. The molecule has 1 aliphatic rings. The largest absolute Gasteiger partial charge is 0.357 e. The second-order valence-electron chi connectivity index (χ2n) is 8.51. The molecule has 0 amide bonds. The molecule has 0 aromatic heterocycles. The second-order valence-corrected chi connectivity index (χ2v) is 11.4. The first kappa shape index (κ1) is 23.6. The molecule has 1 aromatic carbocycles. The van der Waals surface area contributed by atoms with Crippen molar-refractivity contribution in [1.29, 1.82) is 0 Å². The number of likely N-dealkylation sites (tertiary alicyclic amines) is 1. The number of benzene rings is 1. The van der Waals surface area contributed by atoms with E-state index in [1.165, 1.54) is 12.1 Å². The number of nitrogens with one attached hydrogen (secondary N) is 2. The first-order chi connectivity index (χ1) is 13.6. The van der Waals surface area contributed by atoms with Crippen molar-refractivity contribution < 1.29 is 12.8 Å². The molecule has 0 saturated carbocycles. The molecular weight excluding hydrogens is 391 g/mol. The maximum atomic E-state index is 13.0. The van der Waals surface area contributed by atoms with Gasteiger partial charge in [0.1, 0.15) is 5.82 Å². The van der Waals surface area contributed by atoms with Crippen LogP contribution in [-0.2, 0) is 16.4 Å². The van der Waals surface area contributed by atoms with Gasteiger partial charge in [-0.25, -0.2) is 12.8 Å². The minimum Gasteiger partial charge on any atom is -0.357 e. The van der Waals surface area contributed by atoms with Gasteiger partial charge in [-0.2, -0.15) is 0 Å². The van der Waals surface area contributed by atoms with Crippen LogP contribution in [0, 0.1) is 5.82 Å². The van der Waals surface area contributed by atoms with Gasteiger partial charge in [0.15, 0.2) is 15.8 Å². The Morgan fingerprint density at radius 2 is 1.83 bits per heavy atom. The van der Waals surface area contributed by atoms with E-state index in [0.717, 1.165) is 44.6 Å². The second kappa shape index (κ2) is 10.4. The molecule has 8 heteroatoms. The third-order valence-corrected chi connectivity index (χ3v) is 7.74. The highest BCUT2D eigenvalue weighted by molar-refractivity contribution is 7.92. The zero-order valence-electron chi connectivity index (χ0n) is 18.0. The van der Waals surface area contributed by atoms with Crippen LogP contribution in [0.15, 0.2) is 29.3 Å². The van der Waals surface area contributed by atoms with Crippen LogP contribution in [0.5, 0.6) is 0 Å². The van der Waals surface area contributed by atoms with Crippen LogP contribution < -0.4 is 10.6 Å². The van der Waals surface area contributed by atoms with E-state index in [1.54, 1.807) is 20.8 Å². The normalized spacial score (nSPS) is 17.3. The smallest absolute Gasteiger partial charge is 0.191 e. The molecule has 2 rings (SSSR count). The highest BCUT2D eigenvalue weighted by Gasteiger charge is 2.28. The standard InChI is InChI=1S/C21H35FN4O2S/c1-5-23-20(24-12-15-29(27,28)21(2,3)4)25-19-10-13-26(14-11-19)16-17-6-8-18(22)9-7-17/h6-9,19H,5,10-16H2,1-4H3,(H2,23,24,25). The molecule has 1 aliphatic heterocycles. The molecule has 1 saturated heterocycles. The summed E-state index contributed by atoms with van der Waals surface area (Å²) in [6.45, 7) is 10.8. The number of sulfone groups is 1. The van der Waals surface area contributed by atoms with Crippen LogP contribution in [0.1, 0.15) is 46.1 Å². The molecule has 0 spiro atoms. The van der Waals surface area contributed by atoms with Gasteiger partial charge < -0.3 is 10.6 Å². The van der Waals surface area contributed by atoms with Crippen LogP contribution in [-0.4, -0.2) is 62.0 Å². The zero-order valence-corrected chi connectivity index (χ0v) is 18.9. The van der Waals surface area contributed by atoms with Crippen LogP contribution in [0.2, 0.25) is 0 Å². The fourth-order valence-corrected chi connectivity index (χ4v) is 4.12. The van der Waals surface area contributed by atoms with Crippen LogP contribution in [0.4, 0.5) is 4.39 Å². The van der Waals surface area contributed by atoms with E-state index in [1.807, 2.05) is 19.1 Å². The maximum absolute atomic E-state index is 13.0. The summed E-state index contributed by atoms with van der Waals surface area (Å²) in [6, 6.07) is 6.98. The van der Waals surface area contributed by atoms with Crippen LogP contribution in [0.3, 0.4) is 0 Å². The molecule has 0 radical (unpaired) electrons. The van der Waals surface area contributed by atoms with Crippen molar-refractivity contribution in [1.82, 2.24) is 15.5 Å². The first-order valence-corrected chi connectivity index (χ1v) is 12.0.